The van der Waals surface area contributed by atoms with Crippen molar-refractivity contribution in [2.75, 3.05) is 13.2 Å². The number of aromatic nitrogens is 2. The van der Waals surface area contributed by atoms with E-state index in [0.29, 0.717) is 6.42 Å². The van der Waals surface area contributed by atoms with Gasteiger partial charge < -0.3 is 14.9 Å². The summed E-state index contributed by atoms with van der Waals surface area (Å²) in [5.74, 6) is 0.735. The quantitative estimate of drug-likeness (QED) is 0.732. The van der Waals surface area contributed by atoms with E-state index in [4.69, 9.17) is 4.74 Å². The Hall–Kier alpha value is -1.59. The summed E-state index contributed by atoms with van der Waals surface area (Å²) in [6.45, 7) is 6.27. The second kappa shape index (κ2) is 6.45. The van der Waals surface area contributed by atoms with Gasteiger partial charge in [-0.15, -0.1) is 0 Å². The highest BCUT2D eigenvalue weighted by molar-refractivity contribution is 5.87. The number of H-pyrrole nitrogens is 1. The lowest BCUT2D eigenvalue weighted by Gasteiger charge is -2.23. The molecule has 0 aliphatic carbocycles. The molecule has 116 valence electrons. The highest BCUT2D eigenvalue weighted by atomic mass is 16.5. The van der Waals surface area contributed by atoms with Crippen LogP contribution in [0.25, 0.3) is 10.9 Å². The lowest BCUT2D eigenvalue weighted by atomic mass is 9.88. The fraction of sp³-hybridized carbons (Fsp3) is 0.562. The topological polar surface area (TPSA) is 78.4 Å². The molecule has 0 aliphatic rings. The first kappa shape index (κ1) is 15.8. The maximum absolute atomic E-state index is 10.0. The zero-order valence-corrected chi connectivity index (χ0v) is 12.9. The van der Waals surface area contributed by atoms with Crippen LogP contribution in [0.2, 0.25) is 0 Å². The molecule has 5 nitrogen and oxygen atoms in total. The predicted octanol–water partition coefficient (Wildman–Crippen LogP) is 2.41. The zero-order chi connectivity index (χ0) is 15.5. The molecule has 3 N–H and O–H groups in total. The van der Waals surface area contributed by atoms with E-state index in [9.17, 15) is 10.2 Å². The number of hydrogen-bond donors (Lipinski definition) is 3. The van der Waals surface area contributed by atoms with Crippen molar-refractivity contribution in [3.05, 3.63) is 23.9 Å². The molecule has 0 fully saturated rings. The molecule has 0 aliphatic heterocycles. The summed E-state index contributed by atoms with van der Waals surface area (Å²) in [5, 5.41) is 27.3. The summed E-state index contributed by atoms with van der Waals surface area (Å²) >= 11 is 0. The smallest absolute Gasteiger partial charge is 0.130 e. The first-order valence-electron chi connectivity index (χ1n) is 7.28. The maximum Gasteiger partial charge on any atom is 0.130 e. The number of aryl methyl sites for hydroxylation is 1. The minimum atomic E-state index is -0.543. The van der Waals surface area contributed by atoms with Gasteiger partial charge >= 0.3 is 0 Å². The van der Waals surface area contributed by atoms with Crippen LogP contribution in [-0.4, -0.2) is 39.7 Å². The molecule has 0 saturated carbocycles. The van der Waals surface area contributed by atoms with E-state index in [-0.39, 0.29) is 18.6 Å². The third kappa shape index (κ3) is 3.95. The molecule has 1 heterocycles. The molecule has 0 saturated heterocycles. The molecule has 0 radical (unpaired) electrons. The van der Waals surface area contributed by atoms with E-state index >= 15 is 0 Å². The molecule has 1 atom stereocenters. The lowest BCUT2D eigenvalue weighted by Crippen LogP contribution is -2.23. The van der Waals surface area contributed by atoms with Crippen molar-refractivity contribution in [1.29, 1.82) is 0 Å². The minimum absolute atomic E-state index is 0.119. The SMILES string of the molecule is Cc1[nH]nc2cccc(OC[C@@H](O)CCC(C)(C)CO)c12. The van der Waals surface area contributed by atoms with Crippen LogP contribution in [-0.2, 0) is 0 Å². The lowest BCUT2D eigenvalue weighted by molar-refractivity contribution is 0.0743. The predicted molar refractivity (Wildman–Crippen MR) is 82.4 cm³/mol. The van der Waals surface area contributed by atoms with Gasteiger partial charge in [0.05, 0.1) is 17.0 Å². The molecule has 1 aromatic heterocycles. The van der Waals surface area contributed by atoms with E-state index in [2.05, 4.69) is 10.2 Å². The first-order valence-corrected chi connectivity index (χ1v) is 7.28. The van der Waals surface area contributed by atoms with Crippen LogP contribution in [0.4, 0.5) is 0 Å². The minimum Gasteiger partial charge on any atom is -0.490 e. The molecule has 0 unspecified atom stereocenters. The van der Waals surface area contributed by atoms with Gasteiger partial charge in [0.25, 0.3) is 0 Å². The standard InChI is InChI=1S/C16H24N2O3/c1-11-15-13(18-17-11)5-4-6-14(15)21-9-12(20)7-8-16(2,3)10-19/h4-6,12,19-20H,7-10H2,1-3H3,(H,17,18)/t12-/m0/s1. The van der Waals surface area contributed by atoms with Crippen molar-refractivity contribution < 1.29 is 14.9 Å². The molecule has 1 aromatic carbocycles. The average molecular weight is 292 g/mol. The Morgan fingerprint density at radius 1 is 1.38 bits per heavy atom. The molecule has 0 spiro atoms. The Morgan fingerprint density at radius 3 is 2.86 bits per heavy atom. The number of ether oxygens (including phenoxy) is 1. The van der Waals surface area contributed by atoms with Crippen LogP contribution in [0.1, 0.15) is 32.4 Å². The fourth-order valence-corrected chi connectivity index (χ4v) is 2.22. The van der Waals surface area contributed by atoms with E-state index in [1.54, 1.807) is 0 Å². The number of benzene rings is 1. The van der Waals surface area contributed by atoms with Gasteiger partial charge in [-0.25, -0.2) is 0 Å². The van der Waals surface area contributed by atoms with Crippen molar-refractivity contribution in [2.45, 2.75) is 39.7 Å². The third-order valence-electron chi connectivity index (χ3n) is 3.74. The van der Waals surface area contributed by atoms with E-state index < -0.39 is 6.10 Å². The highest BCUT2D eigenvalue weighted by Crippen LogP contribution is 2.27. The maximum atomic E-state index is 10.0. The molecule has 5 heteroatoms. The van der Waals surface area contributed by atoms with Crippen LogP contribution in [0.3, 0.4) is 0 Å². The number of aliphatic hydroxyl groups excluding tert-OH is 2. The Balaban J connectivity index is 1.94. The number of rotatable bonds is 7. The Morgan fingerprint density at radius 2 is 2.14 bits per heavy atom. The largest absolute Gasteiger partial charge is 0.490 e. The van der Waals surface area contributed by atoms with Crippen LogP contribution < -0.4 is 4.74 Å². The van der Waals surface area contributed by atoms with E-state index in [0.717, 1.165) is 28.8 Å². The Kier molecular flexibility index (Phi) is 4.85. The number of nitrogens with one attached hydrogen (secondary N) is 1. The van der Waals surface area contributed by atoms with Gasteiger partial charge in [-0.05, 0) is 37.3 Å². The fourth-order valence-electron chi connectivity index (χ4n) is 2.22. The number of fused-ring (bicyclic) bond motifs is 1. The molecular formula is C16H24N2O3. The molecular weight excluding hydrogens is 268 g/mol. The van der Waals surface area contributed by atoms with Crippen LogP contribution in [0, 0.1) is 12.3 Å². The number of aromatic amines is 1. The van der Waals surface area contributed by atoms with Gasteiger partial charge in [-0.1, -0.05) is 19.9 Å². The van der Waals surface area contributed by atoms with Crippen LogP contribution >= 0.6 is 0 Å². The average Bonchev–Trinajstić information content (AvgIpc) is 2.85. The second-order valence-electron chi connectivity index (χ2n) is 6.32. The van der Waals surface area contributed by atoms with Crippen molar-refractivity contribution >= 4 is 10.9 Å². The summed E-state index contributed by atoms with van der Waals surface area (Å²) in [5.41, 5.74) is 1.65. The zero-order valence-electron chi connectivity index (χ0n) is 12.9. The number of nitrogens with zero attached hydrogens (tertiary/aromatic N) is 1. The Labute approximate surface area is 124 Å². The van der Waals surface area contributed by atoms with Gasteiger partial charge in [-0.3, -0.25) is 5.10 Å². The normalized spacial score (nSPS) is 13.6. The summed E-state index contributed by atoms with van der Waals surface area (Å²) in [6.07, 6.45) is 0.815. The molecule has 0 bridgehead atoms. The number of aliphatic hydroxyl groups is 2. The van der Waals surface area contributed by atoms with Gasteiger partial charge in [0, 0.05) is 12.3 Å². The van der Waals surface area contributed by atoms with Crippen molar-refractivity contribution in [3.63, 3.8) is 0 Å². The van der Waals surface area contributed by atoms with Gasteiger partial charge in [-0.2, -0.15) is 5.10 Å². The number of hydrogen-bond acceptors (Lipinski definition) is 4. The van der Waals surface area contributed by atoms with E-state index in [1.807, 2.05) is 39.0 Å². The van der Waals surface area contributed by atoms with E-state index in [1.165, 1.54) is 0 Å². The highest BCUT2D eigenvalue weighted by Gasteiger charge is 2.19. The third-order valence-corrected chi connectivity index (χ3v) is 3.74. The van der Waals surface area contributed by atoms with Crippen LogP contribution in [0.5, 0.6) is 5.75 Å². The van der Waals surface area contributed by atoms with Crippen molar-refractivity contribution in [3.8, 4) is 5.75 Å². The molecule has 0 amide bonds. The summed E-state index contributed by atoms with van der Waals surface area (Å²) in [6, 6.07) is 5.69. The van der Waals surface area contributed by atoms with Crippen molar-refractivity contribution in [2.24, 2.45) is 5.41 Å². The second-order valence-corrected chi connectivity index (χ2v) is 6.32. The summed E-state index contributed by atoms with van der Waals surface area (Å²) in [7, 11) is 0. The molecule has 21 heavy (non-hydrogen) atoms. The van der Waals surface area contributed by atoms with Gasteiger partial charge in [0.15, 0.2) is 0 Å². The van der Waals surface area contributed by atoms with Crippen LogP contribution in [0.15, 0.2) is 18.2 Å². The van der Waals surface area contributed by atoms with Gasteiger partial charge in [0.2, 0.25) is 0 Å². The van der Waals surface area contributed by atoms with Gasteiger partial charge in [0.1, 0.15) is 12.4 Å². The monoisotopic (exact) mass is 292 g/mol. The molecule has 2 rings (SSSR count). The first-order chi connectivity index (χ1) is 9.93. The molecule has 2 aromatic rings. The Bertz CT molecular complexity index is 592. The summed E-state index contributed by atoms with van der Waals surface area (Å²) in [4.78, 5) is 0. The van der Waals surface area contributed by atoms with Crippen molar-refractivity contribution in [1.82, 2.24) is 10.2 Å². The summed E-state index contributed by atoms with van der Waals surface area (Å²) < 4.78 is 5.75.